The van der Waals surface area contributed by atoms with Crippen LogP contribution in [0.3, 0.4) is 0 Å². The van der Waals surface area contributed by atoms with Crippen molar-refractivity contribution >= 4 is 62.8 Å². The number of anilines is 1. The molecule has 8 nitrogen and oxygen atoms in total. The molecule has 6 rings (SSSR count). The van der Waals surface area contributed by atoms with Gasteiger partial charge in [0.15, 0.2) is 5.71 Å². The molecule has 2 N–H and O–H groups in total. The van der Waals surface area contributed by atoms with E-state index < -0.39 is 10.1 Å². The Hall–Kier alpha value is -3.85. The molecule has 0 amide bonds. The first-order chi connectivity index (χ1) is 29.3. The van der Waals surface area contributed by atoms with Crippen LogP contribution in [-0.4, -0.2) is 65.6 Å². The maximum Gasteiger partial charge on any atom is 0.264 e. The van der Waals surface area contributed by atoms with Crippen LogP contribution < -0.4 is 4.90 Å². The van der Waals surface area contributed by atoms with Crippen molar-refractivity contribution in [2.45, 2.75) is 74.0 Å². The minimum Gasteiger partial charge on any atom is -0.344 e. The van der Waals surface area contributed by atoms with E-state index in [-0.39, 0.29) is 16.6 Å². The standard InChI is InChI=1S/C49H56N2O6S4/c1-48(2)42-34-38(36-18-24-40(58-5)25-19-36)22-28-44(42)50(30-12-14-32-60-57-56-52)46(48)16-10-8-7-9-11-17-47-49(3,4)43-35-39(37-20-26-41(59-6)27-21-37)23-29-45(43)51(47)31-13-15-33-61(53,54)55/h7-11,16-29,34-35H,12-15,30-33H2,1-6H3,(H-,52,53,54,55)/p+1. The lowest BCUT2D eigenvalue weighted by atomic mass is 9.80. The molecule has 0 aromatic heterocycles. The first-order valence-electron chi connectivity index (χ1n) is 20.6. The van der Waals surface area contributed by atoms with Crippen LogP contribution in [0.25, 0.3) is 22.3 Å². The lowest BCUT2D eigenvalue weighted by molar-refractivity contribution is -0.438. The third-order valence-electron chi connectivity index (χ3n) is 11.6. The fraction of sp³-hybridized carbons (Fsp3) is 0.327. The van der Waals surface area contributed by atoms with Crippen LogP contribution in [0.15, 0.2) is 143 Å². The fourth-order valence-corrected chi connectivity index (χ4v) is 10.1. The molecule has 2 heterocycles. The smallest absolute Gasteiger partial charge is 0.264 e. The molecule has 2 aliphatic rings. The van der Waals surface area contributed by atoms with Gasteiger partial charge in [0.25, 0.3) is 10.1 Å². The predicted molar refractivity (Wildman–Crippen MR) is 258 cm³/mol. The molecule has 0 aliphatic carbocycles. The Morgan fingerprint density at radius 1 is 0.705 bits per heavy atom. The van der Waals surface area contributed by atoms with Crippen molar-refractivity contribution in [1.29, 1.82) is 0 Å². The van der Waals surface area contributed by atoms with Gasteiger partial charge in [-0.2, -0.15) is 13.0 Å². The summed E-state index contributed by atoms with van der Waals surface area (Å²) in [5, 5.41) is 12.3. The van der Waals surface area contributed by atoms with E-state index in [1.165, 1.54) is 49.0 Å². The molecule has 322 valence electrons. The van der Waals surface area contributed by atoms with Crippen molar-refractivity contribution in [2.75, 3.05) is 42.0 Å². The zero-order valence-electron chi connectivity index (χ0n) is 35.8. The van der Waals surface area contributed by atoms with Crippen molar-refractivity contribution in [2.24, 2.45) is 0 Å². The number of rotatable bonds is 20. The summed E-state index contributed by atoms with van der Waals surface area (Å²) in [5.74, 6) is 0.457. The van der Waals surface area contributed by atoms with Crippen LogP contribution in [-0.2, 0) is 30.3 Å². The summed E-state index contributed by atoms with van der Waals surface area (Å²) in [6, 6.07) is 30.8. The molecule has 0 radical (unpaired) electrons. The molecule has 0 bridgehead atoms. The Morgan fingerprint density at radius 3 is 1.92 bits per heavy atom. The molecule has 0 unspecified atom stereocenters. The van der Waals surface area contributed by atoms with E-state index in [1.807, 2.05) is 12.2 Å². The van der Waals surface area contributed by atoms with Gasteiger partial charge in [-0.3, -0.25) is 4.55 Å². The van der Waals surface area contributed by atoms with E-state index in [0.29, 0.717) is 25.1 Å². The summed E-state index contributed by atoms with van der Waals surface area (Å²) in [4.78, 5) is 4.77. The summed E-state index contributed by atoms with van der Waals surface area (Å²) in [7, 11) is -4.01. The van der Waals surface area contributed by atoms with Gasteiger partial charge in [0.05, 0.1) is 11.2 Å². The highest BCUT2D eigenvalue weighted by atomic mass is 32.2. The minimum absolute atomic E-state index is 0.233. The topological polar surface area (TPSA) is 99.3 Å². The molecule has 0 saturated carbocycles. The van der Waals surface area contributed by atoms with Crippen LogP contribution in [0.5, 0.6) is 0 Å². The first-order valence-corrected chi connectivity index (χ1v) is 25.5. The lowest BCUT2D eigenvalue weighted by Crippen LogP contribution is -2.28. The van der Waals surface area contributed by atoms with Crippen LogP contribution in [0.1, 0.15) is 64.5 Å². The van der Waals surface area contributed by atoms with Gasteiger partial charge in [0.1, 0.15) is 6.54 Å². The van der Waals surface area contributed by atoms with Gasteiger partial charge in [-0.25, -0.2) is 5.26 Å². The maximum atomic E-state index is 11.5. The summed E-state index contributed by atoms with van der Waals surface area (Å²) in [6.07, 6.45) is 21.7. The highest BCUT2D eigenvalue weighted by Crippen LogP contribution is 2.49. The Morgan fingerprint density at radius 2 is 1.30 bits per heavy atom. The van der Waals surface area contributed by atoms with Crippen molar-refractivity contribution in [3.8, 4) is 22.3 Å². The second-order valence-corrected chi connectivity index (χ2v) is 20.3. The van der Waals surface area contributed by atoms with Gasteiger partial charge in [0, 0.05) is 75.1 Å². The Kier molecular flexibility index (Phi) is 16.1. The number of hydrogen-bond donors (Lipinski definition) is 2. The molecule has 12 heteroatoms. The SMILES string of the molecule is CSc1ccc(-c2ccc3c(c2)C(C)(C)C(/C=C/C=C/C=C/C=C2/N(CCCCS(=O)(=O)O)c4ccc(-c5ccc(SC)cc5)cc4C2(C)C)=[N+]3CCCCSOOO)cc1. The zero-order valence-corrected chi connectivity index (χ0v) is 39.1. The number of nitrogens with zero attached hydrogens (tertiary/aromatic N) is 2. The monoisotopic (exact) mass is 897 g/mol. The molecule has 0 atom stereocenters. The zero-order chi connectivity index (χ0) is 43.6. The van der Waals surface area contributed by atoms with Gasteiger partial charge in [-0.15, -0.1) is 27.9 Å². The van der Waals surface area contributed by atoms with Crippen molar-refractivity contribution in [3.05, 3.63) is 144 Å². The van der Waals surface area contributed by atoms with E-state index in [1.54, 1.807) is 23.5 Å². The van der Waals surface area contributed by atoms with E-state index in [9.17, 15) is 13.0 Å². The molecule has 0 fully saturated rings. The van der Waals surface area contributed by atoms with Crippen LogP contribution in [0, 0.1) is 0 Å². The highest BCUT2D eigenvalue weighted by Gasteiger charge is 2.44. The average Bonchev–Trinajstić information content (AvgIpc) is 3.59. The quantitative estimate of drug-likeness (QED) is 0.0130. The third-order valence-corrected chi connectivity index (χ3v) is 14.5. The number of hydrogen-bond acceptors (Lipinski definition) is 9. The summed E-state index contributed by atoms with van der Waals surface area (Å²) in [6.45, 7) is 10.6. The highest BCUT2D eigenvalue weighted by molar-refractivity contribution is 7.98. The van der Waals surface area contributed by atoms with Crippen LogP contribution in [0.2, 0.25) is 0 Å². The van der Waals surface area contributed by atoms with Crippen molar-refractivity contribution < 1.29 is 32.2 Å². The van der Waals surface area contributed by atoms with Crippen molar-refractivity contribution in [3.63, 3.8) is 0 Å². The summed E-state index contributed by atoms with van der Waals surface area (Å²) < 4.78 is 39.3. The van der Waals surface area contributed by atoms with E-state index in [4.69, 9.17) is 5.26 Å². The van der Waals surface area contributed by atoms with Gasteiger partial charge < -0.3 is 4.90 Å². The number of allylic oxidation sites excluding steroid dienone is 8. The fourth-order valence-electron chi connectivity index (χ4n) is 8.29. The largest absolute Gasteiger partial charge is 0.344 e. The van der Waals surface area contributed by atoms with E-state index >= 15 is 0 Å². The molecule has 2 aliphatic heterocycles. The minimum atomic E-state index is -4.01. The van der Waals surface area contributed by atoms with Crippen molar-refractivity contribution in [1.82, 2.24) is 0 Å². The van der Waals surface area contributed by atoms with E-state index in [2.05, 4.69) is 174 Å². The predicted octanol–water partition coefficient (Wildman–Crippen LogP) is 12.7. The average molecular weight is 898 g/mol. The van der Waals surface area contributed by atoms with Gasteiger partial charge >= 0.3 is 0 Å². The number of thioether (sulfide) groups is 2. The van der Waals surface area contributed by atoms with E-state index in [0.717, 1.165) is 48.4 Å². The normalized spacial score (nSPS) is 16.5. The second-order valence-electron chi connectivity index (χ2n) is 16.2. The summed E-state index contributed by atoms with van der Waals surface area (Å²) >= 11 is 4.57. The van der Waals surface area contributed by atoms with Gasteiger partial charge in [-0.05, 0) is 128 Å². The summed E-state index contributed by atoms with van der Waals surface area (Å²) in [5.41, 5.74) is 11.4. The first kappa shape index (κ1) is 46.6. The number of unbranched alkanes of at least 4 members (excludes halogenated alkanes) is 2. The van der Waals surface area contributed by atoms with Crippen LogP contribution in [0.4, 0.5) is 11.4 Å². The molecule has 4 aromatic carbocycles. The molecular formula is C49H57N2O6S4+. The lowest BCUT2D eigenvalue weighted by Gasteiger charge is -2.27. The van der Waals surface area contributed by atoms with Gasteiger partial charge in [-0.1, -0.05) is 79.6 Å². The molecule has 61 heavy (non-hydrogen) atoms. The Bertz CT molecular complexity index is 2420. The van der Waals surface area contributed by atoms with Crippen LogP contribution >= 0.6 is 35.6 Å². The molecular weight excluding hydrogens is 841 g/mol. The Balaban J connectivity index is 1.23. The number of fused-ring (bicyclic) bond motifs is 2. The second kappa shape index (κ2) is 21.0. The number of benzene rings is 4. The maximum absolute atomic E-state index is 11.5. The molecule has 0 saturated heterocycles. The molecule has 4 aromatic rings. The Labute approximate surface area is 375 Å². The molecule has 0 spiro atoms. The van der Waals surface area contributed by atoms with Gasteiger partial charge in [0.2, 0.25) is 5.69 Å². The third kappa shape index (κ3) is 11.4.